The van der Waals surface area contributed by atoms with Crippen LogP contribution in [0, 0.1) is 0 Å². The quantitative estimate of drug-likeness (QED) is 0.703. The van der Waals surface area contributed by atoms with Crippen molar-refractivity contribution < 1.29 is 4.43 Å². The minimum Gasteiger partial charge on any atom is -0.415 e. The van der Waals surface area contributed by atoms with Gasteiger partial charge in [-0.25, -0.2) is 0 Å². The van der Waals surface area contributed by atoms with Gasteiger partial charge in [0.1, 0.15) is 0 Å². The molecule has 0 radical (unpaired) electrons. The van der Waals surface area contributed by atoms with Crippen molar-refractivity contribution >= 4 is 22.5 Å². The molecule has 0 N–H and O–H groups in total. The summed E-state index contributed by atoms with van der Waals surface area (Å²) in [5, 5.41) is 0. The SMILES string of the molecule is CC1(C)C[Si](C)(C)[Si](C)(C)[Si](C)(CCN2CCCCC2)O1. The third-order valence-corrected chi connectivity index (χ3v) is 47.2. The van der Waals surface area contributed by atoms with E-state index in [2.05, 4.69) is 51.5 Å². The lowest BCUT2D eigenvalue weighted by Gasteiger charge is -2.59. The smallest absolute Gasteiger partial charge is 0.176 e. The molecule has 2 fully saturated rings. The summed E-state index contributed by atoms with van der Waals surface area (Å²) in [6.07, 6.45) is 4.26. The van der Waals surface area contributed by atoms with Crippen LogP contribution in [0.4, 0.5) is 0 Å². The lowest BCUT2D eigenvalue weighted by molar-refractivity contribution is 0.118. The Morgan fingerprint density at radius 1 is 0.952 bits per heavy atom. The Morgan fingerprint density at radius 2 is 1.52 bits per heavy atom. The highest BCUT2D eigenvalue weighted by Gasteiger charge is 2.62. The summed E-state index contributed by atoms with van der Waals surface area (Å²) < 4.78 is 6.91. The molecule has 2 rings (SSSR count). The average Bonchev–Trinajstić information content (AvgIpc) is 2.34. The molecule has 0 aromatic rings. The van der Waals surface area contributed by atoms with E-state index in [1.807, 2.05) is 0 Å². The Bertz CT molecular complexity index is 378. The van der Waals surface area contributed by atoms with Gasteiger partial charge in [0.25, 0.3) is 0 Å². The molecule has 2 aliphatic heterocycles. The van der Waals surface area contributed by atoms with Crippen LogP contribution in [-0.2, 0) is 4.43 Å². The minimum atomic E-state index is -1.56. The number of nitrogens with zero attached hydrogens (tertiary/aromatic N) is 1. The first-order valence-electron chi connectivity index (χ1n) is 8.92. The molecule has 2 aliphatic rings. The predicted molar refractivity (Wildman–Crippen MR) is 102 cm³/mol. The summed E-state index contributed by atoms with van der Waals surface area (Å²) in [4.78, 5) is 2.71. The van der Waals surface area contributed by atoms with E-state index in [0.29, 0.717) is 0 Å². The van der Waals surface area contributed by atoms with Gasteiger partial charge in [0, 0.05) is 13.2 Å². The van der Waals surface area contributed by atoms with Crippen molar-refractivity contribution in [2.75, 3.05) is 19.6 Å². The molecular formula is C16H37NOSi3. The summed E-state index contributed by atoms with van der Waals surface area (Å²) >= 11 is 0. The third-order valence-electron chi connectivity index (χ3n) is 6.74. The number of hydrogen-bond acceptors (Lipinski definition) is 2. The zero-order chi connectivity index (χ0) is 15.9. The largest absolute Gasteiger partial charge is 0.415 e. The summed E-state index contributed by atoms with van der Waals surface area (Å²) in [7, 11) is -3.89. The van der Waals surface area contributed by atoms with E-state index in [1.165, 1.54) is 51.0 Å². The minimum absolute atomic E-state index is 0.140. The Hall–Kier alpha value is 0.571. The van der Waals surface area contributed by atoms with Crippen LogP contribution < -0.4 is 0 Å². The Kier molecular flexibility index (Phi) is 5.03. The number of rotatable bonds is 3. The van der Waals surface area contributed by atoms with Crippen LogP contribution in [-0.4, -0.2) is 52.7 Å². The van der Waals surface area contributed by atoms with Crippen molar-refractivity contribution in [3.05, 3.63) is 0 Å². The number of hydrogen-bond donors (Lipinski definition) is 0. The first kappa shape index (κ1) is 17.9. The van der Waals surface area contributed by atoms with Crippen LogP contribution in [0.1, 0.15) is 33.1 Å². The zero-order valence-electron chi connectivity index (χ0n) is 15.5. The van der Waals surface area contributed by atoms with Crippen LogP contribution in [0.2, 0.25) is 44.8 Å². The van der Waals surface area contributed by atoms with E-state index in [9.17, 15) is 0 Å². The van der Waals surface area contributed by atoms with Gasteiger partial charge < -0.3 is 9.33 Å². The van der Waals surface area contributed by atoms with Crippen molar-refractivity contribution in [2.45, 2.75) is 83.5 Å². The van der Waals surface area contributed by atoms with Gasteiger partial charge in [-0.3, -0.25) is 0 Å². The molecule has 2 nitrogen and oxygen atoms in total. The molecule has 2 saturated heterocycles. The summed E-state index contributed by atoms with van der Waals surface area (Å²) in [5.74, 6) is 0. The molecule has 5 heteroatoms. The molecule has 1 unspecified atom stereocenters. The lowest BCUT2D eigenvalue weighted by Crippen LogP contribution is -2.79. The van der Waals surface area contributed by atoms with Gasteiger partial charge in [-0.05, 0) is 65.0 Å². The maximum atomic E-state index is 6.91. The van der Waals surface area contributed by atoms with Gasteiger partial charge >= 0.3 is 0 Å². The van der Waals surface area contributed by atoms with E-state index < -0.39 is 22.5 Å². The van der Waals surface area contributed by atoms with Crippen LogP contribution in [0.15, 0.2) is 0 Å². The maximum absolute atomic E-state index is 6.91. The Labute approximate surface area is 135 Å². The van der Waals surface area contributed by atoms with Crippen molar-refractivity contribution in [3.8, 4) is 0 Å². The van der Waals surface area contributed by atoms with Gasteiger partial charge in [0.15, 0.2) is 7.83 Å². The maximum Gasteiger partial charge on any atom is 0.176 e. The highest BCUT2D eigenvalue weighted by molar-refractivity contribution is 7.67. The van der Waals surface area contributed by atoms with Crippen LogP contribution in [0.25, 0.3) is 0 Å². The second-order valence-electron chi connectivity index (χ2n) is 9.43. The first-order chi connectivity index (χ1) is 9.49. The monoisotopic (exact) mass is 343 g/mol. The van der Waals surface area contributed by atoms with Gasteiger partial charge in [0.05, 0.1) is 7.11 Å². The van der Waals surface area contributed by atoms with E-state index in [4.69, 9.17) is 4.43 Å². The normalized spacial score (nSPS) is 35.6. The third kappa shape index (κ3) is 3.57. The highest BCUT2D eigenvalue weighted by Crippen LogP contribution is 2.45. The zero-order valence-corrected chi connectivity index (χ0v) is 18.5. The summed E-state index contributed by atoms with van der Waals surface area (Å²) in [6.45, 7) is 22.0. The fourth-order valence-corrected chi connectivity index (χ4v) is 37.9. The molecular weight excluding hydrogens is 306 g/mol. The molecule has 0 bridgehead atoms. The van der Waals surface area contributed by atoms with Crippen molar-refractivity contribution in [1.29, 1.82) is 0 Å². The van der Waals surface area contributed by atoms with Gasteiger partial charge in [-0.15, -0.1) is 0 Å². The summed E-state index contributed by atoms with van der Waals surface area (Å²) in [6, 6.07) is 2.75. The number of piperidine rings is 1. The van der Waals surface area contributed by atoms with Crippen LogP contribution in [0.5, 0.6) is 0 Å². The van der Waals surface area contributed by atoms with E-state index in [1.54, 1.807) is 0 Å². The Balaban J connectivity index is 2.12. The molecule has 0 aliphatic carbocycles. The second kappa shape index (κ2) is 5.89. The van der Waals surface area contributed by atoms with Crippen LogP contribution >= 0.6 is 0 Å². The number of likely N-dealkylation sites (tertiary alicyclic amines) is 1. The van der Waals surface area contributed by atoms with Gasteiger partial charge in [-0.2, -0.15) is 0 Å². The molecule has 0 saturated carbocycles. The van der Waals surface area contributed by atoms with E-state index in [-0.39, 0.29) is 5.60 Å². The van der Waals surface area contributed by atoms with E-state index >= 15 is 0 Å². The average molecular weight is 344 g/mol. The predicted octanol–water partition coefficient (Wildman–Crippen LogP) is 4.43. The van der Waals surface area contributed by atoms with Gasteiger partial charge in [0.2, 0.25) is 0 Å². The van der Waals surface area contributed by atoms with Crippen LogP contribution in [0.3, 0.4) is 0 Å². The van der Waals surface area contributed by atoms with Crippen molar-refractivity contribution in [3.63, 3.8) is 0 Å². The Morgan fingerprint density at radius 3 is 2.10 bits per heavy atom. The molecule has 124 valence electrons. The fourth-order valence-electron chi connectivity index (χ4n) is 4.69. The lowest BCUT2D eigenvalue weighted by atomic mass is 10.1. The molecule has 0 spiro atoms. The molecule has 0 aromatic heterocycles. The summed E-state index contributed by atoms with van der Waals surface area (Å²) in [5.41, 5.74) is 0.140. The van der Waals surface area contributed by atoms with Crippen molar-refractivity contribution in [1.82, 2.24) is 4.90 Å². The topological polar surface area (TPSA) is 12.5 Å². The highest BCUT2D eigenvalue weighted by atomic mass is 29.6. The molecule has 0 amide bonds. The molecule has 2 heterocycles. The fraction of sp³-hybridized carbons (Fsp3) is 1.00. The standard InChI is InChI=1S/C16H37NOSi3/c1-16(2)15-19(3,4)20(5,6)21(7,18-16)14-13-17-11-9-8-10-12-17/h8-15H2,1-7H3. The van der Waals surface area contributed by atoms with Crippen molar-refractivity contribution in [2.24, 2.45) is 0 Å². The molecule has 21 heavy (non-hydrogen) atoms. The molecule has 0 aromatic carbocycles. The van der Waals surface area contributed by atoms with E-state index in [0.717, 1.165) is 0 Å². The first-order valence-corrected chi connectivity index (χ1v) is 19.7. The second-order valence-corrected chi connectivity index (χ2v) is 36.2. The van der Waals surface area contributed by atoms with Gasteiger partial charge in [-0.1, -0.05) is 32.6 Å². The molecule has 1 atom stereocenters.